The molecule has 50 heavy (non-hydrogen) atoms. The molecule has 0 aliphatic rings. The highest BCUT2D eigenvalue weighted by atomic mass is 31.2. The van der Waals surface area contributed by atoms with Gasteiger partial charge in [-0.25, -0.2) is 19.6 Å². The smallest absolute Gasteiger partial charge is 0.379 e. The maximum absolute atomic E-state index is 9.96. The van der Waals surface area contributed by atoms with E-state index in [9.17, 15) is 13.9 Å². The molecule has 0 spiro atoms. The number of carbonyl (C=O) groups is 1. The summed E-state index contributed by atoms with van der Waals surface area (Å²) in [6.45, 7) is 17.8. The van der Waals surface area contributed by atoms with Crippen LogP contribution >= 0.6 is 15.2 Å². The van der Waals surface area contributed by atoms with Gasteiger partial charge < -0.3 is 80.9 Å². The van der Waals surface area contributed by atoms with Crippen LogP contribution in [-0.4, -0.2) is 180 Å². The first-order valence-electron chi connectivity index (χ1n) is 14.9. The van der Waals surface area contributed by atoms with E-state index >= 15 is 0 Å². The third-order valence-electron chi connectivity index (χ3n) is 5.68. The van der Waals surface area contributed by atoms with Crippen molar-refractivity contribution in [2.75, 3.05) is 0 Å². The van der Waals surface area contributed by atoms with Crippen molar-refractivity contribution in [2.24, 2.45) is 0 Å². The lowest BCUT2D eigenvalue weighted by Gasteiger charge is -2.30. The number of hydrogen-bond acceptors (Lipinski definition) is 19. The van der Waals surface area contributed by atoms with Gasteiger partial charge in [0.15, 0.2) is 0 Å². The Morgan fingerprint density at radius 1 is 0.320 bits per heavy atom. The SMILES string of the molecule is CC(O)N(C(C)O)C(C)O.CC(O)N(C(C)O)C(C)O.CC(O)N(C(C)O)C(C)O.CC(O)N(C(C)O)C(C)O.O=C(P(=O)(O)O)P(=O)(O)O. The van der Waals surface area contributed by atoms with Crippen LogP contribution in [0.2, 0.25) is 0 Å². The van der Waals surface area contributed by atoms with Gasteiger partial charge in [0.05, 0.1) is 0 Å². The zero-order valence-corrected chi connectivity index (χ0v) is 32.3. The molecular formula is C25H64N4O19P2. The van der Waals surface area contributed by atoms with Crippen LogP contribution in [-0.2, 0) is 9.13 Å². The van der Waals surface area contributed by atoms with Crippen LogP contribution < -0.4 is 0 Å². The molecule has 0 saturated carbocycles. The molecule has 0 bridgehead atoms. The van der Waals surface area contributed by atoms with Gasteiger partial charge in [0, 0.05) is 0 Å². The van der Waals surface area contributed by atoms with E-state index in [0.29, 0.717) is 0 Å². The lowest BCUT2D eigenvalue weighted by Crippen LogP contribution is -2.45. The van der Waals surface area contributed by atoms with E-state index in [1.165, 1.54) is 103 Å². The molecule has 12 unspecified atom stereocenters. The van der Waals surface area contributed by atoms with Gasteiger partial charge in [0.25, 0.3) is 0 Å². The molecule has 0 rings (SSSR count). The molecule has 308 valence electrons. The first-order valence-corrected chi connectivity index (χ1v) is 18.2. The normalized spacial score (nSPS) is 19.2. The van der Waals surface area contributed by atoms with Crippen LogP contribution in [0.3, 0.4) is 0 Å². The highest BCUT2D eigenvalue weighted by molar-refractivity contribution is 7.96. The molecule has 0 aromatic carbocycles. The Morgan fingerprint density at radius 3 is 0.400 bits per heavy atom. The summed E-state index contributed by atoms with van der Waals surface area (Å²) in [5.41, 5.74) is 0. The molecule has 12 atom stereocenters. The second-order valence-electron chi connectivity index (χ2n) is 10.7. The molecule has 0 aliphatic carbocycles. The van der Waals surface area contributed by atoms with Gasteiger partial charge in [-0.1, -0.05) is 0 Å². The number of nitrogens with zero attached hydrogens (tertiary/aromatic N) is 4. The molecule has 0 aliphatic heterocycles. The molecule has 0 saturated heterocycles. The van der Waals surface area contributed by atoms with Crippen molar-refractivity contribution in [3.05, 3.63) is 0 Å². The quantitative estimate of drug-likeness (QED) is 0.0605. The fourth-order valence-corrected chi connectivity index (χ4v) is 5.27. The first-order chi connectivity index (χ1) is 22.0. The number of hydrogen-bond donors (Lipinski definition) is 16. The number of rotatable bonds is 14. The molecular weight excluding hydrogens is 722 g/mol. The summed E-state index contributed by atoms with van der Waals surface area (Å²) in [6.07, 6.45) is -10.0. The van der Waals surface area contributed by atoms with Crippen molar-refractivity contribution in [2.45, 2.75) is 158 Å². The van der Waals surface area contributed by atoms with Crippen molar-refractivity contribution in [3.63, 3.8) is 0 Å². The number of carbonyl (C=O) groups excluding carboxylic acids is 1. The standard InChI is InChI=1S/4C6H15NO3.CH4O7P2/c4*1-4(8)7(5(2)9)6(3)10;2-1(9(3,4)5)10(6,7)8/h4*4-6,8-10H,1-3H3;(H2,3,4,5)(H2,6,7,8). The average molecular weight is 787 g/mol. The first kappa shape index (κ1) is 58.6. The Morgan fingerprint density at radius 2 is 0.400 bits per heavy atom. The summed E-state index contributed by atoms with van der Waals surface area (Å²) in [4.78, 5) is 46.2. The Bertz CT molecular complexity index is 746. The minimum absolute atomic E-state index is 0.833. The van der Waals surface area contributed by atoms with E-state index in [-0.39, 0.29) is 0 Å². The van der Waals surface area contributed by atoms with Gasteiger partial charge in [-0.05, 0) is 83.1 Å². The summed E-state index contributed by atoms with van der Waals surface area (Å²) in [5.74, 6) is 0. The Hall–Kier alpha value is -0.670. The predicted molar refractivity (Wildman–Crippen MR) is 177 cm³/mol. The van der Waals surface area contributed by atoms with Gasteiger partial charge in [-0.2, -0.15) is 0 Å². The second-order valence-corrected chi connectivity index (χ2v) is 14.1. The summed E-state index contributed by atoms with van der Waals surface area (Å²) < 4.78 is 19.7. The monoisotopic (exact) mass is 786 g/mol. The zero-order chi connectivity index (χ0) is 41.8. The maximum Gasteiger partial charge on any atom is 0.404 e. The summed E-state index contributed by atoms with van der Waals surface area (Å²) in [6, 6.07) is 0. The van der Waals surface area contributed by atoms with Crippen LogP contribution in [0.15, 0.2) is 0 Å². The van der Waals surface area contributed by atoms with Crippen molar-refractivity contribution < 1.29 is 94.8 Å². The third kappa shape index (κ3) is 28.9. The van der Waals surface area contributed by atoms with E-state index in [1.54, 1.807) is 0 Å². The van der Waals surface area contributed by atoms with Crippen molar-refractivity contribution in [1.82, 2.24) is 19.6 Å². The number of aliphatic hydroxyl groups excluding tert-OH is 12. The number of aliphatic hydroxyl groups is 12. The second kappa shape index (κ2) is 27.9. The van der Waals surface area contributed by atoms with E-state index < -0.39 is 95.2 Å². The van der Waals surface area contributed by atoms with E-state index in [4.69, 9.17) is 80.9 Å². The average Bonchev–Trinajstić information content (AvgIpc) is 2.80. The molecule has 25 heteroatoms. The highest BCUT2D eigenvalue weighted by Gasteiger charge is 2.41. The van der Waals surface area contributed by atoms with Crippen LogP contribution in [0.5, 0.6) is 0 Å². The minimum Gasteiger partial charge on any atom is -0.379 e. The van der Waals surface area contributed by atoms with E-state index in [1.807, 2.05) is 0 Å². The molecule has 0 fully saturated rings. The predicted octanol–water partition coefficient (Wildman–Crippen LogP) is -3.32. The van der Waals surface area contributed by atoms with Crippen molar-refractivity contribution in [3.8, 4) is 0 Å². The fraction of sp³-hybridized carbons (Fsp3) is 0.960. The van der Waals surface area contributed by atoms with Crippen molar-refractivity contribution in [1.29, 1.82) is 0 Å². The zero-order valence-electron chi connectivity index (χ0n) is 30.5. The van der Waals surface area contributed by atoms with Crippen LogP contribution in [0, 0.1) is 0 Å². The molecule has 0 heterocycles. The molecule has 0 radical (unpaired) electrons. The van der Waals surface area contributed by atoms with Gasteiger partial charge in [-0.3, -0.25) is 13.9 Å². The van der Waals surface area contributed by atoms with Gasteiger partial charge in [0.2, 0.25) is 0 Å². The molecule has 0 amide bonds. The van der Waals surface area contributed by atoms with Crippen molar-refractivity contribution >= 4 is 20.5 Å². The Balaban J connectivity index is -0.000000169. The van der Waals surface area contributed by atoms with Crippen LogP contribution in [0.25, 0.3) is 0 Å². The lowest BCUT2D eigenvalue weighted by molar-refractivity contribution is -0.160. The summed E-state index contributed by atoms with van der Waals surface area (Å²) in [5, 5.41) is 105. The molecule has 16 N–H and O–H groups in total. The Labute approximate surface area is 292 Å². The summed E-state index contributed by atoms with van der Waals surface area (Å²) >= 11 is 0. The van der Waals surface area contributed by atoms with Crippen LogP contribution in [0.4, 0.5) is 4.79 Å². The molecule has 0 aromatic heterocycles. The minimum atomic E-state index is -5.28. The van der Waals surface area contributed by atoms with Gasteiger partial charge >= 0.3 is 20.5 Å². The third-order valence-corrected chi connectivity index (χ3v) is 8.24. The molecule has 0 aromatic rings. The highest BCUT2D eigenvalue weighted by Crippen LogP contribution is 2.54. The van der Waals surface area contributed by atoms with Gasteiger partial charge in [0.1, 0.15) is 74.7 Å². The van der Waals surface area contributed by atoms with E-state index in [0.717, 1.165) is 0 Å². The van der Waals surface area contributed by atoms with E-state index in [2.05, 4.69) is 0 Å². The lowest BCUT2D eigenvalue weighted by atomic mass is 10.4. The maximum atomic E-state index is 9.96. The topological polar surface area (TPSA) is 388 Å². The molecule has 23 nitrogen and oxygen atoms in total. The Kier molecular flexibility index (Phi) is 32.7. The largest absolute Gasteiger partial charge is 0.404 e. The summed E-state index contributed by atoms with van der Waals surface area (Å²) in [7, 11) is -10.6. The fourth-order valence-electron chi connectivity index (χ4n) is 3.92. The van der Waals surface area contributed by atoms with Gasteiger partial charge in [-0.15, -0.1) is 0 Å². The van der Waals surface area contributed by atoms with Crippen LogP contribution in [0.1, 0.15) is 83.1 Å².